The SMILES string of the molecule is NC[C@@H]1CCCN1c1cc(Br)cc(Br)c1O. The van der Waals surface area contributed by atoms with Gasteiger partial charge in [0.05, 0.1) is 10.2 Å². The van der Waals surface area contributed by atoms with Crippen molar-refractivity contribution in [2.45, 2.75) is 18.9 Å². The van der Waals surface area contributed by atoms with Crippen LogP contribution in [0.1, 0.15) is 12.8 Å². The Hall–Kier alpha value is -0.260. The third-order valence-electron chi connectivity index (χ3n) is 2.97. The molecule has 0 aliphatic carbocycles. The largest absolute Gasteiger partial charge is 0.505 e. The van der Waals surface area contributed by atoms with Crippen LogP contribution >= 0.6 is 31.9 Å². The van der Waals surface area contributed by atoms with Gasteiger partial charge in [-0.1, -0.05) is 15.9 Å². The van der Waals surface area contributed by atoms with Crippen LogP contribution in [-0.2, 0) is 0 Å². The highest BCUT2D eigenvalue weighted by Crippen LogP contribution is 2.40. The van der Waals surface area contributed by atoms with Gasteiger partial charge in [0.15, 0.2) is 5.75 Å². The molecular weight excluding hydrogens is 336 g/mol. The molecule has 1 aromatic carbocycles. The summed E-state index contributed by atoms with van der Waals surface area (Å²) in [4.78, 5) is 2.19. The monoisotopic (exact) mass is 348 g/mol. The van der Waals surface area contributed by atoms with Crippen LogP contribution in [0.25, 0.3) is 0 Å². The normalized spacial score (nSPS) is 20.4. The zero-order valence-corrected chi connectivity index (χ0v) is 12.0. The number of halogens is 2. The zero-order chi connectivity index (χ0) is 11.7. The fourth-order valence-electron chi connectivity index (χ4n) is 2.17. The van der Waals surface area contributed by atoms with Crippen LogP contribution in [-0.4, -0.2) is 24.2 Å². The van der Waals surface area contributed by atoms with Crippen molar-refractivity contribution in [3.05, 3.63) is 21.1 Å². The highest BCUT2D eigenvalue weighted by molar-refractivity contribution is 9.11. The molecule has 0 spiro atoms. The van der Waals surface area contributed by atoms with Crippen molar-refractivity contribution in [2.24, 2.45) is 5.73 Å². The molecule has 0 amide bonds. The van der Waals surface area contributed by atoms with E-state index in [9.17, 15) is 5.11 Å². The lowest BCUT2D eigenvalue weighted by molar-refractivity contribution is 0.469. The van der Waals surface area contributed by atoms with Crippen molar-refractivity contribution in [1.29, 1.82) is 0 Å². The first-order valence-corrected chi connectivity index (χ1v) is 6.87. The first-order valence-electron chi connectivity index (χ1n) is 5.28. The lowest BCUT2D eigenvalue weighted by atomic mass is 10.2. The zero-order valence-electron chi connectivity index (χ0n) is 8.79. The van der Waals surface area contributed by atoms with Crippen molar-refractivity contribution in [3.63, 3.8) is 0 Å². The van der Waals surface area contributed by atoms with Crippen LogP contribution in [0.5, 0.6) is 5.75 Å². The number of benzene rings is 1. The van der Waals surface area contributed by atoms with Gasteiger partial charge in [0.2, 0.25) is 0 Å². The summed E-state index contributed by atoms with van der Waals surface area (Å²) in [6, 6.07) is 4.12. The summed E-state index contributed by atoms with van der Waals surface area (Å²) < 4.78 is 1.66. The molecule has 1 saturated heterocycles. The molecule has 1 atom stereocenters. The molecule has 0 bridgehead atoms. The molecule has 5 heteroatoms. The van der Waals surface area contributed by atoms with Gasteiger partial charge < -0.3 is 15.7 Å². The minimum absolute atomic E-state index is 0.295. The molecule has 1 aliphatic heterocycles. The van der Waals surface area contributed by atoms with E-state index in [1.807, 2.05) is 12.1 Å². The number of anilines is 1. The van der Waals surface area contributed by atoms with Gasteiger partial charge in [0.25, 0.3) is 0 Å². The molecule has 0 radical (unpaired) electrons. The fourth-order valence-corrected chi connectivity index (χ4v) is 3.37. The predicted octanol–water partition coefficient (Wildman–Crippen LogP) is 2.84. The topological polar surface area (TPSA) is 49.5 Å². The van der Waals surface area contributed by atoms with E-state index in [0.29, 0.717) is 22.8 Å². The van der Waals surface area contributed by atoms with Gasteiger partial charge in [-0.15, -0.1) is 0 Å². The number of aromatic hydroxyl groups is 1. The molecule has 88 valence electrons. The first kappa shape index (κ1) is 12.2. The van der Waals surface area contributed by atoms with Gasteiger partial charge in [-0.2, -0.15) is 0 Å². The number of phenols is 1. The molecule has 0 aromatic heterocycles. The van der Waals surface area contributed by atoms with Crippen LogP contribution in [0.3, 0.4) is 0 Å². The van der Waals surface area contributed by atoms with E-state index in [-0.39, 0.29) is 0 Å². The molecule has 1 heterocycles. The molecule has 1 aliphatic rings. The minimum Gasteiger partial charge on any atom is -0.505 e. The summed E-state index contributed by atoms with van der Waals surface area (Å²) in [5.74, 6) is 0.295. The highest BCUT2D eigenvalue weighted by atomic mass is 79.9. The van der Waals surface area contributed by atoms with Crippen molar-refractivity contribution in [2.75, 3.05) is 18.0 Å². The molecular formula is C11H14Br2N2O. The standard InChI is InChI=1S/C11H14Br2N2O/c12-7-4-9(13)11(16)10(5-7)15-3-1-2-8(15)6-14/h4-5,8,16H,1-3,6,14H2/t8-/m0/s1. The average molecular weight is 350 g/mol. The third-order valence-corrected chi connectivity index (χ3v) is 4.03. The number of rotatable bonds is 2. The van der Waals surface area contributed by atoms with Crippen LogP contribution in [0.15, 0.2) is 21.1 Å². The Morgan fingerprint density at radius 3 is 2.88 bits per heavy atom. The predicted molar refractivity (Wildman–Crippen MR) is 72.9 cm³/mol. The van der Waals surface area contributed by atoms with Crippen LogP contribution in [0.2, 0.25) is 0 Å². The fraction of sp³-hybridized carbons (Fsp3) is 0.455. The first-order chi connectivity index (χ1) is 7.63. The maximum absolute atomic E-state index is 10.0. The smallest absolute Gasteiger partial charge is 0.153 e. The van der Waals surface area contributed by atoms with Crippen molar-refractivity contribution < 1.29 is 5.11 Å². The van der Waals surface area contributed by atoms with E-state index in [4.69, 9.17) is 5.73 Å². The number of hydrogen-bond acceptors (Lipinski definition) is 3. The molecule has 0 unspecified atom stereocenters. The lowest BCUT2D eigenvalue weighted by Gasteiger charge is -2.27. The van der Waals surface area contributed by atoms with Crippen LogP contribution in [0.4, 0.5) is 5.69 Å². The summed E-state index contributed by atoms with van der Waals surface area (Å²) in [6.07, 6.45) is 2.23. The molecule has 1 aromatic rings. The van der Waals surface area contributed by atoms with E-state index < -0.39 is 0 Å². The van der Waals surface area contributed by atoms with Gasteiger partial charge in [-0.25, -0.2) is 0 Å². The lowest BCUT2D eigenvalue weighted by Crippen LogP contribution is -2.35. The van der Waals surface area contributed by atoms with E-state index in [2.05, 4.69) is 36.8 Å². The summed E-state index contributed by atoms with van der Waals surface area (Å²) in [5, 5.41) is 10.0. The summed E-state index contributed by atoms with van der Waals surface area (Å²) >= 11 is 6.78. The second-order valence-corrected chi connectivity index (χ2v) is 5.75. The number of phenolic OH excluding ortho intramolecular Hbond substituents is 1. The Bertz CT molecular complexity index is 398. The Kier molecular flexibility index (Phi) is 3.77. The average Bonchev–Trinajstić information content (AvgIpc) is 2.71. The second-order valence-electron chi connectivity index (χ2n) is 3.98. The van der Waals surface area contributed by atoms with E-state index in [1.54, 1.807) is 0 Å². The Balaban J connectivity index is 2.39. The van der Waals surface area contributed by atoms with E-state index in [0.717, 1.165) is 29.5 Å². The van der Waals surface area contributed by atoms with E-state index in [1.165, 1.54) is 0 Å². The van der Waals surface area contributed by atoms with Gasteiger partial charge in [-0.05, 0) is 40.9 Å². The number of nitrogens with two attached hydrogens (primary N) is 1. The Morgan fingerprint density at radius 2 is 2.19 bits per heavy atom. The quantitative estimate of drug-likeness (QED) is 0.863. The minimum atomic E-state index is 0.295. The molecule has 3 N–H and O–H groups in total. The maximum Gasteiger partial charge on any atom is 0.153 e. The van der Waals surface area contributed by atoms with Gasteiger partial charge in [0, 0.05) is 23.6 Å². The molecule has 3 nitrogen and oxygen atoms in total. The number of hydrogen-bond donors (Lipinski definition) is 2. The van der Waals surface area contributed by atoms with Gasteiger partial charge >= 0.3 is 0 Å². The summed E-state index contributed by atoms with van der Waals surface area (Å²) in [7, 11) is 0. The van der Waals surface area contributed by atoms with Crippen LogP contribution in [0, 0.1) is 0 Å². The third kappa shape index (κ3) is 2.21. The number of nitrogens with zero attached hydrogens (tertiary/aromatic N) is 1. The van der Waals surface area contributed by atoms with Gasteiger partial charge in [0.1, 0.15) is 0 Å². The molecule has 1 fully saturated rings. The molecule has 2 rings (SSSR count). The highest BCUT2D eigenvalue weighted by Gasteiger charge is 2.26. The summed E-state index contributed by atoms with van der Waals surface area (Å²) in [6.45, 7) is 1.59. The Labute approximate surface area is 112 Å². The summed E-state index contributed by atoms with van der Waals surface area (Å²) in [5.41, 5.74) is 6.60. The molecule has 16 heavy (non-hydrogen) atoms. The van der Waals surface area contributed by atoms with Crippen molar-refractivity contribution >= 4 is 37.5 Å². The maximum atomic E-state index is 10.0. The second kappa shape index (κ2) is 4.94. The van der Waals surface area contributed by atoms with Crippen molar-refractivity contribution in [3.8, 4) is 5.75 Å². The van der Waals surface area contributed by atoms with Crippen molar-refractivity contribution in [1.82, 2.24) is 0 Å². The molecule has 0 saturated carbocycles. The van der Waals surface area contributed by atoms with Gasteiger partial charge in [-0.3, -0.25) is 0 Å². The van der Waals surface area contributed by atoms with E-state index >= 15 is 0 Å². The Morgan fingerprint density at radius 1 is 1.44 bits per heavy atom. The van der Waals surface area contributed by atoms with Crippen LogP contribution < -0.4 is 10.6 Å².